The average Bonchev–Trinajstić information content (AvgIpc) is 3.26. The van der Waals surface area contributed by atoms with Crippen molar-refractivity contribution < 1.29 is 13.6 Å². The molecule has 8 heteroatoms. The molecule has 0 aliphatic carbocycles. The van der Waals surface area contributed by atoms with Gasteiger partial charge in [0.25, 0.3) is 8.32 Å². The van der Waals surface area contributed by atoms with Crippen molar-refractivity contribution >= 4 is 24.5 Å². The van der Waals surface area contributed by atoms with Gasteiger partial charge in [-0.05, 0) is 28.3 Å². The first-order chi connectivity index (χ1) is 15.7. The third-order valence-corrected chi connectivity index (χ3v) is 11.2. The summed E-state index contributed by atoms with van der Waals surface area (Å²) in [7, 11) is -2.68. The third kappa shape index (κ3) is 4.51. The Bertz CT molecular complexity index is 1110. The Hall–Kier alpha value is -2.81. The molecule has 33 heavy (non-hydrogen) atoms. The van der Waals surface area contributed by atoms with Gasteiger partial charge in [-0.3, -0.25) is 4.57 Å². The lowest BCUT2D eigenvalue weighted by Crippen LogP contribution is -2.67. The Balaban J connectivity index is 1.61. The molecule has 2 N–H and O–H groups in total. The van der Waals surface area contributed by atoms with Crippen molar-refractivity contribution in [2.45, 2.75) is 51.0 Å². The first-order valence-corrected chi connectivity index (χ1v) is 13.1. The second kappa shape index (κ2) is 9.21. The highest BCUT2D eigenvalue weighted by Gasteiger charge is 2.50. The zero-order valence-electron chi connectivity index (χ0n) is 19.2. The number of nitrogens with two attached hydrogens (primary N) is 1. The van der Waals surface area contributed by atoms with Crippen LogP contribution in [0.15, 0.2) is 71.7 Å². The molecule has 1 aliphatic rings. The summed E-state index contributed by atoms with van der Waals surface area (Å²) in [4.78, 5) is 15.8. The van der Waals surface area contributed by atoms with Crippen LogP contribution in [0.3, 0.4) is 0 Å². The molecular weight excluding hydrogens is 437 g/mol. The van der Waals surface area contributed by atoms with Gasteiger partial charge in [0, 0.05) is 0 Å². The summed E-state index contributed by atoms with van der Waals surface area (Å²) in [6.07, 6.45) is 1.53. The van der Waals surface area contributed by atoms with Gasteiger partial charge in [0.2, 0.25) is 0 Å². The number of hydrogen-bond donors (Lipinski definition) is 1. The van der Waals surface area contributed by atoms with E-state index in [-0.39, 0.29) is 11.1 Å². The van der Waals surface area contributed by atoms with Crippen LogP contribution in [-0.4, -0.2) is 30.6 Å². The molecule has 0 spiro atoms. The van der Waals surface area contributed by atoms with Crippen LogP contribution in [0.25, 0.3) is 0 Å². The number of hydrogen-bond acceptors (Lipinski definition) is 5. The lowest BCUT2D eigenvalue weighted by Gasteiger charge is -2.43. The molecule has 0 saturated carbocycles. The van der Waals surface area contributed by atoms with Crippen LogP contribution in [0.5, 0.6) is 0 Å². The van der Waals surface area contributed by atoms with E-state index in [9.17, 15) is 9.18 Å². The van der Waals surface area contributed by atoms with Gasteiger partial charge in [0.05, 0.1) is 18.9 Å². The zero-order valence-corrected chi connectivity index (χ0v) is 20.2. The van der Waals surface area contributed by atoms with Gasteiger partial charge < -0.3 is 14.9 Å². The predicted octanol–water partition coefficient (Wildman–Crippen LogP) is 3.22. The summed E-state index contributed by atoms with van der Waals surface area (Å²) in [5, 5.41) is 2.24. The molecule has 4 rings (SSSR count). The maximum atomic E-state index is 13.9. The number of anilines is 1. The number of benzene rings is 2. The summed E-state index contributed by atoms with van der Waals surface area (Å²) in [6.45, 7) is 7.04. The predicted molar refractivity (Wildman–Crippen MR) is 130 cm³/mol. The number of nitrogens with zero attached hydrogens (tertiary/aromatic N) is 2. The molecule has 3 aromatic rings. The molecular formula is C25H30FN3O3Si. The molecule has 1 aliphatic heterocycles. The monoisotopic (exact) mass is 467 g/mol. The minimum absolute atomic E-state index is 0.144. The molecule has 0 unspecified atom stereocenters. The van der Waals surface area contributed by atoms with E-state index < -0.39 is 31.9 Å². The fourth-order valence-electron chi connectivity index (χ4n) is 4.66. The SMILES string of the molecule is CC(C)(C)[Si](OC[C@H]1CC[C@@H](n2cc(F)c(N)nc2=O)O1)(c1ccccc1)c1ccccc1. The van der Waals surface area contributed by atoms with Crippen molar-refractivity contribution in [1.29, 1.82) is 0 Å². The van der Waals surface area contributed by atoms with Crippen LogP contribution in [0.1, 0.15) is 39.8 Å². The van der Waals surface area contributed by atoms with E-state index in [1.54, 1.807) is 0 Å². The first-order valence-electron chi connectivity index (χ1n) is 11.2. The van der Waals surface area contributed by atoms with Crippen LogP contribution in [0.2, 0.25) is 5.04 Å². The van der Waals surface area contributed by atoms with E-state index in [1.807, 2.05) is 36.4 Å². The zero-order chi connectivity index (χ0) is 23.6. The summed E-state index contributed by atoms with van der Waals surface area (Å²) in [6, 6.07) is 20.8. The van der Waals surface area contributed by atoms with E-state index in [0.29, 0.717) is 19.4 Å². The van der Waals surface area contributed by atoms with Gasteiger partial charge in [-0.2, -0.15) is 4.98 Å². The third-order valence-electron chi connectivity index (χ3n) is 6.23. The fraction of sp³-hybridized carbons (Fsp3) is 0.360. The number of rotatable bonds is 6. The smallest absolute Gasteiger partial charge is 0.351 e. The van der Waals surface area contributed by atoms with Gasteiger partial charge in [0.15, 0.2) is 11.6 Å². The quantitative estimate of drug-likeness (QED) is 0.563. The number of ether oxygens (including phenoxy) is 1. The van der Waals surface area contributed by atoms with Crippen LogP contribution < -0.4 is 21.8 Å². The number of halogens is 1. The summed E-state index contributed by atoms with van der Waals surface area (Å²) in [5.41, 5.74) is 4.79. The lowest BCUT2D eigenvalue weighted by molar-refractivity contribution is -0.0219. The molecule has 1 aromatic heterocycles. The normalized spacial score (nSPS) is 19.0. The number of nitrogen functional groups attached to an aromatic ring is 1. The Labute approximate surface area is 194 Å². The highest BCUT2D eigenvalue weighted by atomic mass is 28.4. The maximum Gasteiger partial charge on any atom is 0.351 e. The van der Waals surface area contributed by atoms with Crippen molar-refractivity contribution in [2.75, 3.05) is 12.3 Å². The first kappa shape index (κ1) is 23.3. The van der Waals surface area contributed by atoms with Gasteiger partial charge >= 0.3 is 5.69 Å². The van der Waals surface area contributed by atoms with E-state index in [2.05, 4.69) is 50.0 Å². The highest BCUT2D eigenvalue weighted by Crippen LogP contribution is 2.38. The molecule has 6 nitrogen and oxygen atoms in total. The van der Waals surface area contributed by atoms with Crippen LogP contribution >= 0.6 is 0 Å². The highest BCUT2D eigenvalue weighted by molar-refractivity contribution is 6.99. The average molecular weight is 468 g/mol. The molecule has 2 heterocycles. The van der Waals surface area contributed by atoms with Crippen molar-refractivity contribution in [3.05, 3.63) is 83.2 Å². The minimum Gasteiger partial charge on any atom is -0.405 e. The van der Waals surface area contributed by atoms with Gasteiger partial charge in [0.1, 0.15) is 6.23 Å². The molecule has 0 amide bonds. The molecule has 0 bridgehead atoms. The second-order valence-corrected chi connectivity index (χ2v) is 13.7. The van der Waals surface area contributed by atoms with E-state index in [1.165, 1.54) is 14.9 Å². The Morgan fingerprint density at radius 1 is 1.09 bits per heavy atom. The molecule has 0 radical (unpaired) electrons. The lowest BCUT2D eigenvalue weighted by atomic mass is 10.2. The molecule has 2 aromatic carbocycles. The van der Waals surface area contributed by atoms with Gasteiger partial charge in [-0.25, -0.2) is 9.18 Å². The van der Waals surface area contributed by atoms with E-state index in [4.69, 9.17) is 14.9 Å². The van der Waals surface area contributed by atoms with Crippen LogP contribution in [-0.2, 0) is 9.16 Å². The van der Waals surface area contributed by atoms with Crippen molar-refractivity contribution in [2.24, 2.45) is 0 Å². The van der Waals surface area contributed by atoms with Crippen molar-refractivity contribution in [3.63, 3.8) is 0 Å². The van der Waals surface area contributed by atoms with Crippen molar-refractivity contribution in [3.8, 4) is 0 Å². The maximum absolute atomic E-state index is 13.9. The molecule has 1 saturated heterocycles. The Kier molecular flexibility index (Phi) is 6.51. The summed E-state index contributed by atoms with van der Waals surface area (Å²) >= 11 is 0. The summed E-state index contributed by atoms with van der Waals surface area (Å²) < 4.78 is 28.1. The topological polar surface area (TPSA) is 79.4 Å². The Morgan fingerprint density at radius 3 is 2.21 bits per heavy atom. The van der Waals surface area contributed by atoms with Gasteiger partial charge in [-0.1, -0.05) is 81.4 Å². The second-order valence-electron chi connectivity index (χ2n) is 9.43. The number of aromatic nitrogens is 2. The summed E-state index contributed by atoms with van der Waals surface area (Å²) in [5.74, 6) is -1.13. The molecule has 1 fully saturated rings. The van der Waals surface area contributed by atoms with Crippen molar-refractivity contribution in [1.82, 2.24) is 9.55 Å². The molecule has 2 atom stereocenters. The minimum atomic E-state index is -2.68. The van der Waals surface area contributed by atoms with Crippen LogP contribution in [0, 0.1) is 5.82 Å². The Morgan fingerprint density at radius 2 is 1.67 bits per heavy atom. The molecule has 174 valence electrons. The standard InChI is InChI=1S/C25H30FN3O3Si/c1-25(2,3)33(19-10-6-4-7-11-19,20-12-8-5-9-13-20)31-17-18-14-15-22(32-18)29-16-21(26)23(27)28-24(29)30/h4-13,16,18,22H,14-15,17H2,1-3H3,(H2,27,28,30)/t18-,22+/m1/s1. The van der Waals surface area contributed by atoms with Crippen LogP contribution in [0.4, 0.5) is 10.2 Å². The fourth-order valence-corrected chi connectivity index (χ4v) is 9.25. The van der Waals surface area contributed by atoms with E-state index >= 15 is 0 Å². The van der Waals surface area contributed by atoms with E-state index in [0.717, 1.165) is 6.20 Å². The largest absolute Gasteiger partial charge is 0.405 e. The van der Waals surface area contributed by atoms with Gasteiger partial charge in [-0.15, -0.1) is 0 Å².